The van der Waals surface area contributed by atoms with Crippen LogP contribution in [0.3, 0.4) is 0 Å². The van der Waals surface area contributed by atoms with E-state index in [-0.39, 0.29) is 6.42 Å². The Morgan fingerprint density at radius 2 is 1.79 bits per heavy atom. The summed E-state index contributed by atoms with van der Waals surface area (Å²) in [6.07, 6.45) is -2.34. The molecule has 5 aromatic heterocycles. The third-order valence-electron chi connectivity index (χ3n) is 6.84. The van der Waals surface area contributed by atoms with E-state index in [9.17, 15) is 18.3 Å². The smallest absolute Gasteiger partial charge is 0.384 e. The normalized spacial score (nSPS) is 13.6. The third-order valence-corrected chi connectivity index (χ3v) is 6.84. The number of alkyl halides is 3. The van der Waals surface area contributed by atoms with Crippen LogP contribution < -0.4 is 0 Å². The van der Waals surface area contributed by atoms with Crippen LogP contribution in [0.1, 0.15) is 55.4 Å². The van der Waals surface area contributed by atoms with Crippen molar-refractivity contribution in [3.05, 3.63) is 53.2 Å². The zero-order valence-corrected chi connectivity index (χ0v) is 22.0. The van der Waals surface area contributed by atoms with Gasteiger partial charge in [0.05, 0.1) is 34.2 Å². The van der Waals surface area contributed by atoms with Crippen LogP contribution in [0.4, 0.5) is 13.2 Å². The van der Waals surface area contributed by atoms with Gasteiger partial charge in [-0.05, 0) is 51.8 Å². The van der Waals surface area contributed by atoms with Crippen molar-refractivity contribution in [1.29, 1.82) is 0 Å². The molecule has 0 amide bonds. The highest BCUT2D eigenvalue weighted by atomic mass is 19.4. The fourth-order valence-electron chi connectivity index (χ4n) is 5.20. The second-order valence-electron chi connectivity index (χ2n) is 10.2. The zero-order valence-electron chi connectivity index (χ0n) is 22.0. The SMILES string of the molecule is Cc1cccnc1[C@H](CCC(F)(F)F)n1c2cc(-c3c(C)nnn3C)cnc2c2c1c(C(C)(C)O)nn2C. The summed E-state index contributed by atoms with van der Waals surface area (Å²) in [5, 5.41) is 23.9. The van der Waals surface area contributed by atoms with E-state index in [1.54, 1.807) is 55.8 Å². The van der Waals surface area contributed by atoms with Gasteiger partial charge in [0, 0.05) is 38.5 Å². The van der Waals surface area contributed by atoms with E-state index in [4.69, 9.17) is 4.98 Å². The van der Waals surface area contributed by atoms with Crippen LogP contribution in [0.2, 0.25) is 0 Å². The number of fused-ring (bicyclic) bond motifs is 3. The number of hydrogen-bond donors (Lipinski definition) is 1. The molecule has 38 heavy (non-hydrogen) atoms. The van der Waals surface area contributed by atoms with Crippen molar-refractivity contribution in [2.75, 3.05) is 0 Å². The molecule has 200 valence electrons. The van der Waals surface area contributed by atoms with Crippen LogP contribution in [-0.2, 0) is 19.7 Å². The van der Waals surface area contributed by atoms with Gasteiger partial charge in [-0.3, -0.25) is 14.6 Å². The van der Waals surface area contributed by atoms with E-state index < -0.39 is 24.2 Å². The standard InChI is InChI=1S/C26H29F3N8O/c1-14-8-7-11-30-19(14)17(9-10-26(27,28)29)37-18-12-16(21-15(2)32-34-36(21)6)13-31-20(18)22-23(37)24(25(3,4)38)33-35(22)5/h7-8,11-13,17,38H,9-10H2,1-6H3/t17-/m0/s1. The maximum atomic E-state index is 13.6. The van der Waals surface area contributed by atoms with Crippen LogP contribution in [0, 0.1) is 13.8 Å². The van der Waals surface area contributed by atoms with Crippen molar-refractivity contribution >= 4 is 22.1 Å². The van der Waals surface area contributed by atoms with Crippen molar-refractivity contribution in [2.24, 2.45) is 14.1 Å². The minimum Gasteiger partial charge on any atom is -0.384 e. The van der Waals surface area contributed by atoms with Crippen LogP contribution in [0.25, 0.3) is 33.3 Å². The second-order valence-corrected chi connectivity index (χ2v) is 10.2. The van der Waals surface area contributed by atoms with Gasteiger partial charge in [-0.25, -0.2) is 4.68 Å². The molecule has 1 atom stereocenters. The highest BCUT2D eigenvalue weighted by molar-refractivity contribution is 6.06. The molecule has 0 bridgehead atoms. The summed E-state index contributed by atoms with van der Waals surface area (Å²) in [7, 11) is 3.51. The lowest BCUT2D eigenvalue weighted by molar-refractivity contribution is -0.136. The fraction of sp³-hybridized carbons (Fsp3) is 0.423. The Bertz CT molecular complexity index is 1640. The minimum absolute atomic E-state index is 0.253. The van der Waals surface area contributed by atoms with Gasteiger partial charge in [0.2, 0.25) is 0 Å². The first-order valence-electron chi connectivity index (χ1n) is 12.2. The average molecular weight is 527 g/mol. The van der Waals surface area contributed by atoms with Gasteiger partial charge in [0.15, 0.2) is 0 Å². The van der Waals surface area contributed by atoms with Crippen molar-refractivity contribution in [3.63, 3.8) is 0 Å². The second kappa shape index (κ2) is 8.90. The molecule has 0 aliphatic heterocycles. The number of aliphatic hydroxyl groups is 1. The molecule has 5 rings (SSSR count). The number of hydrogen-bond acceptors (Lipinski definition) is 6. The Morgan fingerprint density at radius 3 is 2.39 bits per heavy atom. The Morgan fingerprint density at radius 1 is 1.05 bits per heavy atom. The molecule has 0 radical (unpaired) electrons. The first-order valence-corrected chi connectivity index (χ1v) is 12.2. The van der Waals surface area contributed by atoms with E-state index in [0.29, 0.717) is 39.1 Å². The number of nitrogens with zero attached hydrogens (tertiary/aromatic N) is 8. The maximum Gasteiger partial charge on any atom is 0.389 e. The lowest BCUT2D eigenvalue weighted by Gasteiger charge is -2.24. The summed E-state index contributed by atoms with van der Waals surface area (Å²) in [5.41, 5.74) is 4.74. The largest absolute Gasteiger partial charge is 0.389 e. The molecule has 1 N–H and O–H groups in total. The molecule has 0 unspecified atom stereocenters. The van der Waals surface area contributed by atoms with Crippen molar-refractivity contribution in [2.45, 2.75) is 58.4 Å². The number of aryl methyl sites for hydroxylation is 4. The predicted molar refractivity (Wildman–Crippen MR) is 136 cm³/mol. The van der Waals surface area contributed by atoms with Gasteiger partial charge < -0.3 is 9.67 Å². The topological polar surface area (TPSA) is 99.5 Å². The molecule has 0 saturated heterocycles. The Labute approximate surface area is 216 Å². The maximum absolute atomic E-state index is 13.6. The Kier molecular flexibility index (Phi) is 6.05. The Balaban J connectivity index is 1.91. The third kappa shape index (κ3) is 4.32. The molecule has 12 heteroatoms. The fourth-order valence-corrected chi connectivity index (χ4v) is 5.20. The van der Waals surface area contributed by atoms with Crippen LogP contribution in [-0.4, -0.2) is 50.6 Å². The molecule has 0 aliphatic carbocycles. The minimum atomic E-state index is -4.36. The first-order chi connectivity index (χ1) is 17.8. The van der Waals surface area contributed by atoms with Crippen LogP contribution in [0.15, 0.2) is 30.6 Å². The Hall–Kier alpha value is -3.80. The van der Waals surface area contributed by atoms with Gasteiger partial charge >= 0.3 is 6.18 Å². The van der Waals surface area contributed by atoms with Crippen molar-refractivity contribution in [3.8, 4) is 11.3 Å². The molecule has 0 spiro atoms. The van der Waals surface area contributed by atoms with E-state index in [1.165, 1.54) is 0 Å². The highest BCUT2D eigenvalue weighted by Crippen LogP contribution is 2.41. The van der Waals surface area contributed by atoms with Gasteiger partial charge in [0.25, 0.3) is 0 Å². The highest BCUT2D eigenvalue weighted by Gasteiger charge is 2.35. The molecule has 0 aliphatic rings. The van der Waals surface area contributed by atoms with Gasteiger partial charge in [-0.15, -0.1) is 5.10 Å². The van der Waals surface area contributed by atoms with E-state index >= 15 is 0 Å². The molecular formula is C26H29F3N8O. The van der Waals surface area contributed by atoms with Crippen molar-refractivity contribution < 1.29 is 18.3 Å². The molecular weight excluding hydrogens is 497 g/mol. The summed E-state index contributed by atoms with van der Waals surface area (Å²) in [6.45, 7) is 6.89. The van der Waals surface area contributed by atoms with Crippen molar-refractivity contribution in [1.82, 2.24) is 39.3 Å². The quantitative estimate of drug-likeness (QED) is 0.338. The number of halogens is 3. The lowest BCUT2D eigenvalue weighted by atomic mass is 10.0. The average Bonchev–Trinajstić information content (AvgIpc) is 3.45. The number of aromatic nitrogens is 8. The predicted octanol–water partition coefficient (Wildman–Crippen LogP) is 4.89. The van der Waals surface area contributed by atoms with Gasteiger partial charge in [0.1, 0.15) is 22.3 Å². The van der Waals surface area contributed by atoms with Crippen LogP contribution in [0.5, 0.6) is 0 Å². The number of rotatable bonds is 6. The first kappa shape index (κ1) is 25.8. The zero-order chi connectivity index (χ0) is 27.6. The summed E-state index contributed by atoms with van der Waals surface area (Å²) in [5.74, 6) is 0. The van der Waals surface area contributed by atoms with E-state index in [1.807, 2.05) is 30.5 Å². The molecule has 0 saturated carbocycles. The summed E-state index contributed by atoms with van der Waals surface area (Å²) in [4.78, 5) is 9.28. The molecule has 5 heterocycles. The molecule has 0 aromatic carbocycles. The summed E-state index contributed by atoms with van der Waals surface area (Å²) >= 11 is 0. The molecule has 0 fully saturated rings. The monoisotopic (exact) mass is 526 g/mol. The lowest BCUT2D eigenvalue weighted by Crippen LogP contribution is -2.21. The van der Waals surface area contributed by atoms with Gasteiger partial charge in [-0.1, -0.05) is 11.3 Å². The van der Waals surface area contributed by atoms with Gasteiger partial charge in [-0.2, -0.15) is 18.3 Å². The van der Waals surface area contributed by atoms with E-state index in [0.717, 1.165) is 16.8 Å². The van der Waals surface area contributed by atoms with E-state index in [2.05, 4.69) is 20.4 Å². The summed E-state index contributed by atoms with van der Waals surface area (Å²) in [6, 6.07) is 4.68. The molecule has 5 aromatic rings. The molecule has 9 nitrogen and oxygen atoms in total. The number of pyridine rings is 2. The summed E-state index contributed by atoms with van der Waals surface area (Å²) < 4.78 is 45.9. The van der Waals surface area contributed by atoms with Crippen LogP contribution >= 0.6 is 0 Å².